The number of pyridine rings is 1. The molecule has 3 rings (SSSR count). The fraction of sp³-hybridized carbons (Fsp3) is 0.500. The second-order valence-electron chi connectivity index (χ2n) is 6.76. The molecule has 0 atom stereocenters. The Morgan fingerprint density at radius 1 is 1.17 bits per heavy atom. The van der Waals surface area contributed by atoms with Gasteiger partial charge in [-0.3, -0.25) is 4.79 Å². The summed E-state index contributed by atoms with van der Waals surface area (Å²) in [5.41, 5.74) is 3.51. The fourth-order valence-corrected chi connectivity index (χ4v) is 5.12. The minimum Gasteiger partial charge on any atom is -0.322 e. The van der Waals surface area contributed by atoms with Crippen LogP contribution in [0.3, 0.4) is 0 Å². The molecule has 130 valence electrons. The highest BCUT2D eigenvalue weighted by Crippen LogP contribution is 2.24. The Bertz CT molecular complexity index is 910. The quantitative estimate of drug-likeness (QED) is 0.871. The number of rotatable bonds is 5. The monoisotopic (exact) mass is 348 g/mol. The third-order valence-electron chi connectivity index (χ3n) is 4.83. The lowest BCUT2D eigenvalue weighted by molar-refractivity contribution is 0.564. The van der Waals surface area contributed by atoms with Crippen molar-refractivity contribution in [3.05, 3.63) is 45.2 Å². The summed E-state index contributed by atoms with van der Waals surface area (Å²) in [5.74, 6) is 0. The molecule has 0 bridgehead atoms. The van der Waals surface area contributed by atoms with E-state index in [9.17, 15) is 13.2 Å². The first-order valence-corrected chi connectivity index (χ1v) is 10.0. The molecule has 0 saturated heterocycles. The van der Waals surface area contributed by atoms with Crippen LogP contribution >= 0.6 is 0 Å². The standard InChI is InChI=1S/C18H24N2O3S/c1-12-9-13(2)16-11-14(18(21)20-17(16)10-12)7-8-19-24(22,23)15-5-3-4-6-15/h9-11,15,19H,3-8H2,1-2H3,(H,20,21). The molecule has 24 heavy (non-hydrogen) atoms. The molecule has 2 N–H and O–H groups in total. The SMILES string of the molecule is Cc1cc(C)c2cc(CCNS(=O)(=O)C3CCCC3)c(=O)[nH]c2c1. The molecule has 1 saturated carbocycles. The number of nitrogens with one attached hydrogen (secondary N) is 2. The second kappa shape index (κ2) is 6.69. The van der Waals surface area contributed by atoms with Gasteiger partial charge in [0.1, 0.15) is 0 Å². The van der Waals surface area contributed by atoms with Gasteiger partial charge < -0.3 is 4.98 Å². The summed E-state index contributed by atoms with van der Waals surface area (Å²) in [5, 5.41) is 0.742. The van der Waals surface area contributed by atoms with Crippen molar-refractivity contribution in [2.75, 3.05) is 6.54 Å². The average Bonchev–Trinajstić information content (AvgIpc) is 3.03. The summed E-state index contributed by atoms with van der Waals surface area (Å²) >= 11 is 0. The number of hydrogen-bond acceptors (Lipinski definition) is 3. The lowest BCUT2D eigenvalue weighted by Gasteiger charge is -2.12. The predicted octanol–water partition coefficient (Wildman–Crippen LogP) is 2.55. The van der Waals surface area contributed by atoms with Crippen molar-refractivity contribution in [3.63, 3.8) is 0 Å². The topological polar surface area (TPSA) is 79.0 Å². The highest BCUT2D eigenvalue weighted by molar-refractivity contribution is 7.90. The summed E-state index contributed by atoms with van der Waals surface area (Å²) in [7, 11) is -3.26. The summed E-state index contributed by atoms with van der Waals surface area (Å²) in [6.45, 7) is 4.27. The van der Waals surface area contributed by atoms with Crippen LogP contribution in [0.2, 0.25) is 0 Å². The van der Waals surface area contributed by atoms with Crippen LogP contribution in [0.25, 0.3) is 10.9 Å². The van der Waals surface area contributed by atoms with Gasteiger partial charge in [0.05, 0.1) is 5.25 Å². The minimum atomic E-state index is -3.26. The van der Waals surface area contributed by atoms with Crippen LogP contribution in [0.15, 0.2) is 23.0 Å². The number of sulfonamides is 1. The predicted molar refractivity (Wildman–Crippen MR) is 96.9 cm³/mol. The Kier molecular flexibility index (Phi) is 4.78. The van der Waals surface area contributed by atoms with E-state index in [4.69, 9.17) is 0 Å². The van der Waals surface area contributed by atoms with E-state index in [1.165, 1.54) is 0 Å². The van der Waals surface area contributed by atoms with Crippen LogP contribution in [0.1, 0.15) is 42.4 Å². The number of hydrogen-bond donors (Lipinski definition) is 2. The van der Waals surface area contributed by atoms with Gasteiger partial charge in [-0.1, -0.05) is 18.9 Å². The van der Waals surface area contributed by atoms with E-state index in [0.29, 0.717) is 12.0 Å². The second-order valence-corrected chi connectivity index (χ2v) is 8.81. The van der Waals surface area contributed by atoms with E-state index >= 15 is 0 Å². The molecule has 0 spiro atoms. The highest BCUT2D eigenvalue weighted by atomic mass is 32.2. The first kappa shape index (κ1) is 17.2. The molecule has 1 fully saturated rings. The van der Waals surface area contributed by atoms with Crippen molar-refractivity contribution < 1.29 is 8.42 Å². The first-order valence-electron chi connectivity index (χ1n) is 8.48. The Hall–Kier alpha value is -1.66. The molecule has 6 heteroatoms. The molecular formula is C18H24N2O3S. The zero-order chi connectivity index (χ0) is 17.3. The van der Waals surface area contributed by atoms with E-state index in [1.54, 1.807) is 0 Å². The van der Waals surface area contributed by atoms with E-state index in [1.807, 2.05) is 26.0 Å². The van der Waals surface area contributed by atoms with Crippen molar-refractivity contribution in [1.29, 1.82) is 0 Å². The van der Waals surface area contributed by atoms with Gasteiger partial charge >= 0.3 is 0 Å². The van der Waals surface area contributed by atoms with Crippen molar-refractivity contribution in [3.8, 4) is 0 Å². The van der Waals surface area contributed by atoms with E-state index in [0.717, 1.165) is 47.7 Å². The molecule has 0 aliphatic heterocycles. The maximum atomic E-state index is 12.2. The molecule has 1 aliphatic carbocycles. The van der Waals surface area contributed by atoms with E-state index in [-0.39, 0.29) is 17.4 Å². The van der Waals surface area contributed by atoms with Crippen LogP contribution in [0.4, 0.5) is 0 Å². The molecular weight excluding hydrogens is 324 g/mol. The average molecular weight is 348 g/mol. The van der Waals surface area contributed by atoms with Crippen LogP contribution in [0, 0.1) is 13.8 Å². The molecule has 1 aromatic carbocycles. The summed E-state index contributed by atoms with van der Waals surface area (Å²) < 4.78 is 27.1. The normalized spacial score (nSPS) is 16.1. The lowest BCUT2D eigenvalue weighted by Crippen LogP contribution is -2.34. The number of aromatic amines is 1. The molecule has 1 aliphatic rings. The molecule has 0 amide bonds. The molecule has 0 radical (unpaired) electrons. The Balaban J connectivity index is 1.76. The summed E-state index contributed by atoms with van der Waals surface area (Å²) in [6.07, 6.45) is 3.84. The van der Waals surface area contributed by atoms with Crippen molar-refractivity contribution in [2.24, 2.45) is 0 Å². The van der Waals surface area contributed by atoms with Gasteiger partial charge in [0, 0.05) is 23.0 Å². The maximum absolute atomic E-state index is 12.2. The Morgan fingerprint density at radius 3 is 2.58 bits per heavy atom. The number of benzene rings is 1. The third-order valence-corrected chi connectivity index (χ3v) is 6.78. The lowest BCUT2D eigenvalue weighted by atomic mass is 10.0. The number of aromatic nitrogens is 1. The van der Waals surface area contributed by atoms with E-state index < -0.39 is 10.0 Å². The van der Waals surface area contributed by atoms with Gasteiger partial charge in [0.15, 0.2) is 0 Å². The zero-order valence-corrected chi connectivity index (χ0v) is 15.0. The molecule has 1 heterocycles. The van der Waals surface area contributed by atoms with Crippen LogP contribution < -0.4 is 10.3 Å². The number of fused-ring (bicyclic) bond motifs is 1. The van der Waals surface area contributed by atoms with Gasteiger partial charge in [-0.05, 0) is 56.4 Å². The van der Waals surface area contributed by atoms with Gasteiger partial charge in [0.2, 0.25) is 10.0 Å². The Labute approximate surface area is 142 Å². The van der Waals surface area contributed by atoms with Gasteiger partial charge in [-0.15, -0.1) is 0 Å². The molecule has 0 unspecified atom stereocenters. The largest absolute Gasteiger partial charge is 0.322 e. The fourth-order valence-electron chi connectivity index (χ4n) is 3.55. The van der Waals surface area contributed by atoms with Crippen LogP contribution in [0.5, 0.6) is 0 Å². The highest BCUT2D eigenvalue weighted by Gasteiger charge is 2.28. The first-order chi connectivity index (χ1) is 11.4. The smallest absolute Gasteiger partial charge is 0.251 e. The van der Waals surface area contributed by atoms with Crippen molar-refractivity contribution >= 4 is 20.9 Å². The van der Waals surface area contributed by atoms with Gasteiger partial charge in [-0.25, -0.2) is 13.1 Å². The van der Waals surface area contributed by atoms with E-state index in [2.05, 4.69) is 15.8 Å². The third kappa shape index (κ3) is 3.54. The molecule has 5 nitrogen and oxygen atoms in total. The zero-order valence-electron chi connectivity index (χ0n) is 14.2. The van der Waals surface area contributed by atoms with Crippen molar-refractivity contribution in [1.82, 2.24) is 9.71 Å². The minimum absolute atomic E-state index is 0.146. The van der Waals surface area contributed by atoms with Gasteiger partial charge in [0.25, 0.3) is 5.56 Å². The van der Waals surface area contributed by atoms with Crippen molar-refractivity contribution in [2.45, 2.75) is 51.2 Å². The summed E-state index contributed by atoms with van der Waals surface area (Å²) in [4.78, 5) is 15.1. The summed E-state index contributed by atoms with van der Waals surface area (Å²) in [6, 6.07) is 5.91. The van der Waals surface area contributed by atoms with Gasteiger partial charge in [-0.2, -0.15) is 0 Å². The molecule has 1 aromatic heterocycles. The molecule has 2 aromatic rings. The van der Waals surface area contributed by atoms with Crippen LogP contribution in [-0.2, 0) is 16.4 Å². The number of aryl methyl sites for hydroxylation is 2. The Morgan fingerprint density at radius 2 is 1.88 bits per heavy atom. The number of H-pyrrole nitrogens is 1. The van der Waals surface area contributed by atoms with Crippen LogP contribution in [-0.4, -0.2) is 25.2 Å². The maximum Gasteiger partial charge on any atom is 0.251 e.